The molecule has 6 heteroatoms. The summed E-state index contributed by atoms with van der Waals surface area (Å²) in [5.74, 6) is 1.03. The lowest BCUT2D eigenvalue weighted by molar-refractivity contribution is -0.133. The van der Waals surface area contributed by atoms with Gasteiger partial charge in [0.15, 0.2) is 11.5 Å². The second-order valence-electron chi connectivity index (χ2n) is 6.64. The molecule has 0 saturated heterocycles. The summed E-state index contributed by atoms with van der Waals surface area (Å²) in [5.41, 5.74) is 0.390. The minimum atomic E-state index is -0.584. The van der Waals surface area contributed by atoms with E-state index in [-0.39, 0.29) is 11.8 Å². The van der Waals surface area contributed by atoms with Gasteiger partial charge in [-0.05, 0) is 24.6 Å². The first kappa shape index (κ1) is 17.1. The summed E-state index contributed by atoms with van der Waals surface area (Å²) < 4.78 is 11.0. The van der Waals surface area contributed by atoms with Gasteiger partial charge in [-0.25, -0.2) is 0 Å². The summed E-state index contributed by atoms with van der Waals surface area (Å²) >= 11 is 0. The minimum Gasteiger partial charge on any atom is -0.486 e. The highest BCUT2D eigenvalue weighted by atomic mass is 16.6. The van der Waals surface area contributed by atoms with Crippen LogP contribution in [0.4, 0.5) is 0 Å². The third-order valence-electron chi connectivity index (χ3n) is 3.50. The van der Waals surface area contributed by atoms with Crippen molar-refractivity contribution < 1.29 is 19.1 Å². The van der Waals surface area contributed by atoms with Gasteiger partial charge in [0.1, 0.15) is 19.3 Å². The average molecular weight is 320 g/mol. The van der Waals surface area contributed by atoms with Gasteiger partial charge in [0.2, 0.25) is 11.8 Å². The maximum atomic E-state index is 12.1. The zero-order valence-corrected chi connectivity index (χ0v) is 14.1. The van der Waals surface area contributed by atoms with Gasteiger partial charge in [-0.15, -0.1) is 0 Å². The number of hydrogen-bond donors (Lipinski definition) is 2. The molecule has 23 heavy (non-hydrogen) atoms. The molecule has 1 aliphatic heterocycles. The molecule has 0 aromatic heterocycles. The van der Waals surface area contributed by atoms with Crippen LogP contribution < -0.4 is 20.1 Å². The molecule has 0 radical (unpaired) electrons. The highest BCUT2D eigenvalue weighted by Crippen LogP contribution is 2.30. The number of rotatable bonds is 4. The number of amides is 2. The zero-order chi connectivity index (χ0) is 17.0. The Bertz CT molecular complexity index is 593. The van der Waals surface area contributed by atoms with Crippen LogP contribution in [0.25, 0.3) is 0 Å². The first-order chi connectivity index (χ1) is 10.8. The predicted octanol–water partition coefficient (Wildman–Crippen LogP) is 1.62. The van der Waals surface area contributed by atoms with Crippen molar-refractivity contribution in [1.82, 2.24) is 10.6 Å². The van der Waals surface area contributed by atoms with Crippen LogP contribution in [-0.2, 0) is 16.1 Å². The smallest absolute Gasteiger partial charge is 0.242 e. The molecular weight excluding hydrogens is 296 g/mol. The van der Waals surface area contributed by atoms with Gasteiger partial charge < -0.3 is 20.1 Å². The van der Waals surface area contributed by atoms with Crippen LogP contribution >= 0.6 is 0 Å². The van der Waals surface area contributed by atoms with Crippen LogP contribution in [0, 0.1) is 5.41 Å². The molecule has 1 aromatic carbocycles. The summed E-state index contributed by atoms with van der Waals surface area (Å²) in [6, 6.07) is 4.99. The number of carbonyl (C=O) groups excluding carboxylic acids is 2. The lowest BCUT2D eigenvalue weighted by Gasteiger charge is -2.22. The Balaban J connectivity index is 1.87. The first-order valence-electron chi connectivity index (χ1n) is 7.74. The van der Waals surface area contributed by atoms with E-state index in [0.717, 1.165) is 11.3 Å². The molecule has 2 amide bonds. The molecule has 0 spiro atoms. The highest BCUT2D eigenvalue weighted by molar-refractivity contribution is 5.89. The van der Waals surface area contributed by atoms with E-state index in [1.165, 1.54) is 0 Å². The van der Waals surface area contributed by atoms with Crippen molar-refractivity contribution in [3.05, 3.63) is 23.8 Å². The van der Waals surface area contributed by atoms with E-state index in [9.17, 15) is 9.59 Å². The second-order valence-corrected chi connectivity index (χ2v) is 6.64. The van der Waals surface area contributed by atoms with Gasteiger partial charge in [0.05, 0.1) is 0 Å². The number of carbonyl (C=O) groups is 2. The van der Waals surface area contributed by atoms with Crippen molar-refractivity contribution in [3.63, 3.8) is 0 Å². The molecule has 1 aliphatic rings. The van der Waals surface area contributed by atoms with E-state index in [1.807, 2.05) is 39.0 Å². The lowest BCUT2D eigenvalue weighted by Crippen LogP contribution is -2.48. The number of hydrogen-bond acceptors (Lipinski definition) is 4. The van der Waals surface area contributed by atoms with Crippen molar-refractivity contribution >= 4 is 11.8 Å². The topological polar surface area (TPSA) is 76.7 Å². The van der Waals surface area contributed by atoms with Gasteiger partial charge >= 0.3 is 0 Å². The van der Waals surface area contributed by atoms with Crippen molar-refractivity contribution in [3.8, 4) is 11.5 Å². The van der Waals surface area contributed by atoms with Crippen LogP contribution in [-0.4, -0.2) is 31.1 Å². The van der Waals surface area contributed by atoms with Crippen molar-refractivity contribution in [1.29, 1.82) is 0 Å². The number of nitrogens with one attached hydrogen (secondary N) is 2. The third kappa shape index (κ3) is 4.61. The van der Waals surface area contributed by atoms with Crippen molar-refractivity contribution in [2.75, 3.05) is 13.2 Å². The van der Waals surface area contributed by atoms with Crippen LogP contribution in [0.5, 0.6) is 11.5 Å². The quantitative estimate of drug-likeness (QED) is 0.884. The van der Waals surface area contributed by atoms with Gasteiger partial charge in [-0.3, -0.25) is 9.59 Å². The monoisotopic (exact) mass is 320 g/mol. The Kier molecular flexibility index (Phi) is 5.13. The molecule has 1 atom stereocenters. The predicted molar refractivity (Wildman–Crippen MR) is 86.3 cm³/mol. The first-order valence-corrected chi connectivity index (χ1v) is 7.74. The van der Waals surface area contributed by atoms with Gasteiger partial charge in [0, 0.05) is 12.0 Å². The second kappa shape index (κ2) is 6.89. The molecule has 2 rings (SSSR count). The molecule has 1 heterocycles. The molecule has 0 fully saturated rings. The van der Waals surface area contributed by atoms with E-state index < -0.39 is 11.5 Å². The normalized spacial score (nSPS) is 14.8. The summed E-state index contributed by atoms with van der Waals surface area (Å²) in [6.45, 7) is 8.53. The average Bonchev–Trinajstić information content (AvgIpc) is 2.51. The zero-order valence-electron chi connectivity index (χ0n) is 14.1. The molecule has 6 nitrogen and oxygen atoms in total. The van der Waals surface area contributed by atoms with E-state index in [1.54, 1.807) is 6.92 Å². The van der Waals surface area contributed by atoms with Crippen LogP contribution in [0.15, 0.2) is 18.2 Å². The Morgan fingerprint density at radius 1 is 1.17 bits per heavy atom. The molecule has 1 aromatic rings. The standard InChI is InChI=1S/C17H24N2O4/c1-11(19-16(21)17(2,3)4)15(20)18-10-12-5-6-13-14(9-12)23-8-7-22-13/h5-6,9,11H,7-8,10H2,1-4H3,(H,18,20)(H,19,21). The minimum absolute atomic E-state index is 0.153. The fourth-order valence-corrected chi connectivity index (χ4v) is 2.02. The van der Waals surface area contributed by atoms with E-state index in [4.69, 9.17) is 9.47 Å². The summed E-state index contributed by atoms with van der Waals surface area (Å²) in [7, 11) is 0. The SMILES string of the molecule is CC(NC(=O)C(C)(C)C)C(=O)NCc1ccc2c(c1)OCCO2. The molecule has 126 valence electrons. The molecular formula is C17H24N2O4. The van der Waals surface area contributed by atoms with E-state index in [0.29, 0.717) is 25.5 Å². The number of ether oxygens (including phenoxy) is 2. The molecule has 0 bridgehead atoms. The van der Waals surface area contributed by atoms with Crippen LogP contribution in [0.1, 0.15) is 33.3 Å². The van der Waals surface area contributed by atoms with E-state index >= 15 is 0 Å². The van der Waals surface area contributed by atoms with Crippen molar-refractivity contribution in [2.45, 2.75) is 40.3 Å². The van der Waals surface area contributed by atoms with Crippen molar-refractivity contribution in [2.24, 2.45) is 5.41 Å². The lowest BCUT2D eigenvalue weighted by atomic mass is 9.95. The van der Waals surface area contributed by atoms with Crippen LogP contribution in [0.2, 0.25) is 0 Å². The maximum Gasteiger partial charge on any atom is 0.242 e. The Morgan fingerprint density at radius 2 is 1.83 bits per heavy atom. The fourth-order valence-electron chi connectivity index (χ4n) is 2.02. The molecule has 0 saturated carbocycles. The van der Waals surface area contributed by atoms with Crippen LogP contribution in [0.3, 0.4) is 0 Å². The Morgan fingerprint density at radius 3 is 2.48 bits per heavy atom. The highest BCUT2D eigenvalue weighted by Gasteiger charge is 2.25. The molecule has 0 aliphatic carbocycles. The molecule has 1 unspecified atom stereocenters. The largest absolute Gasteiger partial charge is 0.486 e. The van der Waals surface area contributed by atoms with Gasteiger partial charge in [0.25, 0.3) is 0 Å². The van der Waals surface area contributed by atoms with E-state index in [2.05, 4.69) is 10.6 Å². The summed E-state index contributed by atoms with van der Waals surface area (Å²) in [5, 5.41) is 5.52. The number of benzene rings is 1. The maximum absolute atomic E-state index is 12.1. The third-order valence-corrected chi connectivity index (χ3v) is 3.50. The van der Waals surface area contributed by atoms with Gasteiger partial charge in [-0.2, -0.15) is 0 Å². The summed E-state index contributed by atoms with van der Waals surface area (Å²) in [4.78, 5) is 24.0. The molecule has 2 N–H and O–H groups in total. The summed E-state index contributed by atoms with van der Waals surface area (Å²) in [6.07, 6.45) is 0. The van der Waals surface area contributed by atoms with Gasteiger partial charge in [-0.1, -0.05) is 26.8 Å². The Hall–Kier alpha value is -2.24. The fraction of sp³-hybridized carbons (Fsp3) is 0.529. The number of fused-ring (bicyclic) bond motifs is 1. The Labute approximate surface area is 136 Å².